The minimum absolute atomic E-state index is 0.0974. The smallest absolute Gasteiger partial charge is 0.266 e. The van der Waals surface area contributed by atoms with E-state index >= 15 is 0 Å². The highest BCUT2D eigenvalue weighted by atomic mass is 32.1. The van der Waals surface area contributed by atoms with E-state index in [1.807, 2.05) is 23.1 Å². The Bertz CT molecular complexity index is 548. The van der Waals surface area contributed by atoms with Crippen LogP contribution in [0, 0.1) is 0 Å². The van der Waals surface area contributed by atoms with E-state index in [0.29, 0.717) is 15.8 Å². The van der Waals surface area contributed by atoms with Crippen LogP contribution in [0.15, 0.2) is 30.3 Å². The van der Waals surface area contributed by atoms with E-state index < -0.39 is 0 Å². The molecule has 3 rings (SSSR count). The van der Waals surface area contributed by atoms with E-state index in [0.717, 1.165) is 13.1 Å². The van der Waals surface area contributed by atoms with Crippen molar-refractivity contribution in [3.8, 4) is 0 Å². The number of amides is 1. The molecule has 2 fully saturated rings. The Morgan fingerprint density at radius 3 is 2.74 bits per heavy atom. The van der Waals surface area contributed by atoms with Gasteiger partial charge in [0, 0.05) is 18.7 Å². The van der Waals surface area contributed by atoms with Crippen LogP contribution in [0.1, 0.15) is 10.4 Å². The molecule has 1 amide bonds. The molecular formula is C12H12N4OS2. The average Bonchev–Trinajstić information content (AvgIpc) is 2.88. The molecule has 2 N–H and O–H groups in total. The molecule has 0 aromatic heterocycles. The van der Waals surface area contributed by atoms with Gasteiger partial charge in [0.05, 0.1) is 0 Å². The summed E-state index contributed by atoms with van der Waals surface area (Å²) in [7, 11) is 0. The number of nitrogens with zero attached hydrogens (tertiary/aromatic N) is 2. The maximum Gasteiger partial charge on any atom is 0.266 e. The molecule has 2 aliphatic rings. The van der Waals surface area contributed by atoms with Gasteiger partial charge in [0.15, 0.2) is 16.5 Å². The van der Waals surface area contributed by atoms with Gasteiger partial charge in [0.1, 0.15) is 0 Å². The first-order chi connectivity index (χ1) is 9.18. The lowest BCUT2D eigenvalue weighted by Crippen LogP contribution is -2.66. The van der Waals surface area contributed by atoms with Crippen LogP contribution in [-0.4, -0.2) is 45.3 Å². The van der Waals surface area contributed by atoms with Crippen molar-refractivity contribution in [1.82, 2.24) is 20.4 Å². The van der Waals surface area contributed by atoms with Gasteiger partial charge in [-0.05, 0) is 36.6 Å². The summed E-state index contributed by atoms with van der Waals surface area (Å²) in [5.74, 6) is -0.201. The second-order valence-electron chi connectivity index (χ2n) is 4.29. The third kappa shape index (κ3) is 2.09. The van der Waals surface area contributed by atoms with Crippen LogP contribution in [0.25, 0.3) is 0 Å². The van der Waals surface area contributed by atoms with E-state index in [4.69, 9.17) is 24.4 Å². The van der Waals surface area contributed by atoms with Crippen LogP contribution >= 0.6 is 24.4 Å². The fraction of sp³-hybridized carbons (Fsp3) is 0.250. The quantitative estimate of drug-likeness (QED) is 0.735. The van der Waals surface area contributed by atoms with Crippen LogP contribution in [0.5, 0.6) is 0 Å². The van der Waals surface area contributed by atoms with Gasteiger partial charge in [-0.3, -0.25) is 10.1 Å². The maximum absolute atomic E-state index is 12.5. The minimum Gasteiger partial charge on any atom is -0.329 e. The first-order valence-corrected chi connectivity index (χ1v) is 6.74. The SMILES string of the molecule is O=C(c1ccccc1)N1C(=S)NC2NCCN2C1=S. The number of benzene rings is 1. The zero-order valence-electron chi connectivity index (χ0n) is 10.00. The van der Waals surface area contributed by atoms with Gasteiger partial charge < -0.3 is 10.2 Å². The Morgan fingerprint density at radius 2 is 2.00 bits per heavy atom. The summed E-state index contributed by atoms with van der Waals surface area (Å²) in [6, 6.07) is 9.00. The molecule has 0 aliphatic carbocycles. The third-order valence-corrected chi connectivity index (χ3v) is 3.84. The number of hydrogen-bond donors (Lipinski definition) is 2. The Hall–Kier alpha value is -1.57. The van der Waals surface area contributed by atoms with Crippen molar-refractivity contribution in [3.05, 3.63) is 35.9 Å². The summed E-state index contributed by atoms with van der Waals surface area (Å²) in [6.45, 7) is 1.57. The number of nitrogens with one attached hydrogen (secondary N) is 2. The molecule has 0 saturated carbocycles. The third-order valence-electron chi connectivity index (χ3n) is 3.13. The van der Waals surface area contributed by atoms with Crippen LogP contribution in [-0.2, 0) is 0 Å². The summed E-state index contributed by atoms with van der Waals surface area (Å²) in [5, 5.41) is 7.09. The van der Waals surface area contributed by atoms with Gasteiger partial charge in [-0.15, -0.1) is 0 Å². The van der Waals surface area contributed by atoms with E-state index in [2.05, 4.69) is 10.6 Å². The van der Waals surface area contributed by atoms with Gasteiger partial charge in [-0.25, -0.2) is 4.90 Å². The number of hydrogen-bond acceptors (Lipinski definition) is 4. The fourth-order valence-electron chi connectivity index (χ4n) is 2.18. The first kappa shape index (κ1) is 12.5. The van der Waals surface area contributed by atoms with Crippen LogP contribution in [0.2, 0.25) is 0 Å². The van der Waals surface area contributed by atoms with E-state index in [-0.39, 0.29) is 12.2 Å². The van der Waals surface area contributed by atoms with E-state index in [1.165, 1.54) is 4.90 Å². The largest absolute Gasteiger partial charge is 0.329 e. The van der Waals surface area contributed by atoms with Crippen molar-refractivity contribution >= 4 is 40.6 Å². The van der Waals surface area contributed by atoms with Crippen LogP contribution < -0.4 is 10.6 Å². The van der Waals surface area contributed by atoms with Crippen LogP contribution in [0.4, 0.5) is 0 Å². The van der Waals surface area contributed by atoms with Gasteiger partial charge in [-0.2, -0.15) is 0 Å². The molecule has 2 aliphatic heterocycles. The molecular weight excluding hydrogens is 280 g/mol. The Morgan fingerprint density at radius 1 is 1.26 bits per heavy atom. The highest BCUT2D eigenvalue weighted by molar-refractivity contribution is 7.81. The summed E-state index contributed by atoms with van der Waals surface area (Å²) in [6.07, 6.45) is -0.0974. The van der Waals surface area contributed by atoms with E-state index in [9.17, 15) is 4.79 Å². The predicted molar refractivity (Wildman–Crippen MR) is 79.4 cm³/mol. The molecule has 1 atom stereocenters. The molecule has 0 bridgehead atoms. The van der Waals surface area contributed by atoms with E-state index in [1.54, 1.807) is 12.1 Å². The number of carbonyl (C=O) groups excluding carboxylic acids is 1. The number of rotatable bonds is 1. The summed E-state index contributed by atoms with van der Waals surface area (Å²) in [4.78, 5) is 15.8. The normalized spacial score (nSPS) is 22.2. The van der Waals surface area contributed by atoms with Gasteiger partial charge in [-0.1, -0.05) is 18.2 Å². The molecule has 2 saturated heterocycles. The second kappa shape index (κ2) is 4.84. The Kier molecular flexibility index (Phi) is 3.17. The van der Waals surface area contributed by atoms with Gasteiger partial charge in [0.2, 0.25) is 0 Å². The van der Waals surface area contributed by atoms with Crippen molar-refractivity contribution in [2.75, 3.05) is 13.1 Å². The Labute approximate surface area is 121 Å². The topological polar surface area (TPSA) is 47.6 Å². The maximum atomic E-state index is 12.5. The standard InChI is InChI=1S/C12H12N4OS2/c17-9(8-4-2-1-3-5-8)16-11(18)14-10-13-6-7-15(10)12(16)19/h1-5,10,13H,6-7H2,(H,14,18). The summed E-state index contributed by atoms with van der Waals surface area (Å²) in [5.41, 5.74) is 0.569. The van der Waals surface area contributed by atoms with Gasteiger partial charge in [0.25, 0.3) is 5.91 Å². The Balaban J connectivity index is 1.89. The first-order valence-electron chi connectivity index (χ1n) is 5.92. The molecule has 2 heterocycles. The summed E-state index contributed by atoms with van der Waals surface area (Å²) >= 11 is 10.6. The molecule has 5 nitrogen and oxygen atoms in total. The summed E-state index contributed by atoms with van der Waals surface area (Å²) < 4.78 is 0. The highest BCUT2D eigenvalue weighted by Crippen LogP contribution is 2.16. The predicted octanol–water partition coefficient (Wildman–Crippen LogP) is 0.491. The monoisotopic (exact) mass is 292 g/mol. The van der Waals surface area contributed by atoms with Gasteiger partial charge >= 0.3 is 0 Å². The zero-order valence-corrected chi connectivity index (χ0v) is 11.6. The fourth-order valence-corrected chi connectivity index (χ4v) is 2.89. The molecule has 1 aromatic rings. The van der Waals surface area contributed by atoms with Crippen molar-refractivity contribution in [3.63, 3.8) is 0 Å². The van der Waals surface area contributed by atoms with Crippen molar-refractivity contribution in [1.29, 1.82) is 0 Å². The molecule has 19 heavy (non-hydrogen) atoms. The lowest BCUT2D eigenvalue weighted by molar-refractivity contribution is 0.0880. The van der Waals surface area contributed by atoms with Crippen molar-refractivity contribution < 1.29 is 4.79 Å². The van der Waals surface area contributed by atoms with Crippen molar-refractivity contribution in [2.24, 2.45) is 0 Å². The molecule has 7 heteroatoms. The zero-order chi connectivity index (χ0) is 13.4. The molecule has 0 radical (unpaired) electrons. The lowest BCUT2D eigenvalue weighted by Gasteiger charge is -2.39. The minimum atomic E-state index is -0.201. The highest BCUT2D eigenvalue weighted by Gasteiger charge is 2.39. The number of carbonyl (C=O) groups is 1. The van der Waals surface area contributed by atoms with Crippen LogP contribution in [0.3, 0.4) is 0 Å². The molecule has 1 unspecified atom stereocenters. The average molecular weight is 292 g/mol. The lowest BCUT2D eigenvalue weighted by atomic mass is 10.2. The molecule has 0 spiro atoms. The molecule has 1 aromatic carbocycles. The molecule has 98 valence electrons. The number of thiocarbonyl (C=S) groups is 2. The van der Waals surface area contributed by atoms with Crippen molar-refractivity contribution in [2.45, 2.75) is 6.29 Å². The number of fused-ring (bicyclic) bond motifs is 1. The second-order valence-corrected chi connectivity index (χ2v) is 5.04.